The molecule has 1 aromatic rings. The van der Waals surface area contributed by atoms with Crippen LogP contribution >= 0.6 is 12.4 Å². The van der Waals surface area contributed by atoms with Gasteiger partial charge in [-0.25, -0.2) is 4.39 Å². The molecule has 1 fully saturated rings. The third-order valence-electron chi connectivity index (χ3n) is 3.63. The molecule has 2 N–H and O–H groups in total. The highest BCUT2D eigenvalue weighted by atomic mass is 35.5. The number of alkyl halides is 1. The van der Waals surface area contributed by atoms with Crippen molar-refractivity contribution in [2.24, 2.45) is 0 Å². The van der Waals surface area contributed by atoms with Crippen LogP contribution in [0.3, 0.4) is 0 Å². The minimum absolute atomic E-state index is 0. The summed E-state index contributed by atoms with van der Waals surface area (Å²) in [5.74, 6) is 0.539. The van der Waals surface area contributed by atoms with Crippen LogP contribution in [0.25, 0.3) is 0 Å². The summed E-state index contributed by atoms with van der Waals surface area (Å²) in [4.78, 5) is 2.09. The van der Waals surface area contributed by atoms with E-state index in [4.69, 9.17) is 9.47 Å². The first-order valence-corrected chi connectivity index (χ1v) is 6.66. The number of methoxy groups -OCH3 is 2. The fraction of sp³-hybridized carbons (Fsp3) is 0.571. The van der Waals surface area contributed by atoms with Gasteiger partial charge in [0.25, 0.3) is 0 Å². The third-order valence-corrected chi connectivity index (χ3v) is 3.63. The Balaban J connectivity index is 0.00000220. The fourth-order valence-electron chi connectivity index (χ4n) is 2.50. The van der Waals surface area contributed by atoms with E-state index in [1.165, 1.54) is 14.2 Å². The Kier molecular flexibility index (Phi) is 7.01. The molecule has 2 rings (SSSR count). The number of nitrogens with one attached hydrogen (secondary N) is 1. The first-order valence-electron chi connectivity index (χ1n) is 6.66. The maximum absolute atomic E-state index is 13.5. The first-order chi connectivity index (χ1) is 9.71. The molecule has 5 nitrogen and oxygen atoms in total. The Morgan fingerprint density at radius 2 is 1.76 bits per heavy atom. The number of piperazine rings is 1. The summed E-state index contributed by atoms with van der Waals surface area (Å²) < 4.78 is 23.7. The number of ether oxygens (including phenoxy) is 2. The van der Waals surface area contributed by atoms with Crippen molar-refractivity contribution in [3.05, 3.63) is 17.7 Å². The number of benzene rings is 1. The second-order valence-corrected chi connectivity index (χ2v) is 4.73. The molecule has 21 heavy (non-hydrogen) atoms. The average molecular weight is 321 g/mol. The summed E-state index contributed by atoms with van der Waals surface area (Å²) in [5, 5.41) is 13.2. The highest BCUT2D eigenvalue weighted by Gasteiger charge is 2.24. The van der Waals surface area contributed by atoms with Crippen LogP contribution in [0.5, 0.6) is 17.2 Å². The second-order valence-electron chi connectivity index (χ2n) is 4.73. The number of phenolic OH excluding ortho intramolecular Hbond substituents is 1. The quantitative estimate of drug-likeness (QED) is 0.865. The van der Waals surface area contributed by atoms with E-state index in [-0.39, 0.29) is 24.2 Å². The van der Waals surface area contributed by atoms with Gasteiger partial charge in [-0.3, -0.25) is 4.90 Å². The van der Waals surface area contributed by atoms with Crippen molar-refractivity contribution < 1.29 is 19.0 Å². The third kappa shape index (κ3) is 3.90. The lowest BCUT2D eigenvalue weighted by molar-refractivity contribution is 0.147. The molecule has 1 saturated heterocycles. The molecule has 0 amide bonds. The Labute approximate surface area is 130 Å². The summed E-state index contributed by atoms with van der Waals surface area (Å²) in [6.07, 6.45) is 0. The van der Waals surface area contributed by atoms with Crippen LogP contribution in [0.1, 0.15) is 11.6 Å². The summed E-state index contributed by atoms with van der Waals surface area (Å²) in [5.41, 5.74) is 0.751. The number of phenols is 1. The molecule has 1 heterocycles. The summed E-state index contributed by atoms with van der Waals surface area (Å²) in [6.45, 7) is 2.79. The lowest BCUT2D eigenvalue weighted by atomic mass is 10.0. The van der Waals surface area contributed by atoms with Crippen LogP contribution in [-0.4, -0.2) is 57.1 Å². The molecule has 1 aliphatic rings. The van der Waals surface area contributed by atoms with E-state index in [2.05, 4.69) is 10.2 Å². The smallest absolute Gasteiger partial charge is 0.200 e. The molecule has 0 aromatic heterocycles. The Morgan fingerprint density at radius 3 is 2.19 bits per heavy atom. The van der Waals surface area contributed by atoms with Gasteiger partial charge in [0, 0.05) is 26.2 Å². The van der Waals surface area contributed by atoms with Crippen molar-refractivity contribution in [1.82, 2.24) is 10.2 Å². The number of hydrogen-bond donors (Lipinski definition) is 2. The van der Waals surface area contributed by atoms with Crippen molar-refractivity contribution in [3.8, 4) is 17.2 Å². The minimum atomic E-state index is -0.489. The van der Waals surface area contributed by atoms with Crippen molar-refractivity contribution in [2.75, 3.05) is 47.1 Å². The van der Waals surface area contributed by atoms with Crippen LogP contribution < -0.4 is 14.8 Å². The van der Waals surface area contributed by atoms with E-state index < -0.39 is 6.67 Å². The van der Waals surface area contributed by atoms with E-state index in [1.54, 1.807) is 12.1 Å². The van der Waals surface area contributed by atoms with Crippen LogP contribution in [0.2, 0.25) is 0 Å². The summed E-state index contributed by atoms with van der Waals surface area (Å²) >= 11 is 0. The van der Waals surface area contributed by atoms with Crippen LogP contribution in [0.15, 0.2) is 12.1 Å². The van der Waals surface area contributed by atoms with Gasteiger partial charge in [0.1, 0.15) is 6.67 Å². The maximum atomic E-state index is 13.5. The lowest BCUT2D eigenvalue weighted by Crippen LogP contribution is -2.45. The van der Waals surface area contributed by atoms with Crippen LogP contribution in [0.4, 0.5) is 4.39 Å². The van der Waals surface area contributed by atoms with Gasteiger partial charge in [-0.15, -0.1) is 12.4 Å². The molecule has 7 heteroatoms. The largest absolute Gasteiger partial charge is 0.502 e. The highest BCUT2D eigenvalue weighted by molar-refractivity contribution is 5.85. The zero-order chi connectivity index (χ0) is 14.5. The number of hydrogen-bond acceptors (Lipinski definition) is 5. The van der Waals surface area contributed by atoms with E-state index >= 15 is 0 Å². The van der Waals surface area contributed by atoms with Gasteiger partial charge in [-0.2, -0.15) is 0 Å². The van der Waals surface area contributed by atoms with E-state index in [1.807, 2.05) is 0 Å². The molecular formula is C14H22ClFN2O3. The second kappa shape index (κ2) is 8.26. The predicted octanol–water partition coefficient (Wildman–Crippen LogP) is 1.75. The number of rotatable bonds is 5. The Hall–Kier alpha value is -1.24. The van der Waals surface area contributed by atoms with E-state index in [9.17, 15) is 9.50 Å². The van der Waals surface area contributed by atoms with E-state index in [0.29, 0.717) is 11.5 Å². The minimum Gasteiger partial charge on any atom is -0.502 e. The normalized spacial score (nSPS) is 16.9. The molecule has 1 aromatic carbocycles. The molecule has 0 spiro atoms. The zero-order valence-corrected chi connectivity index (χ0v) is 13.1. The molecule has 0 unspecified atom stereocenters. The monoisotopic (exact) mass is 320 g/mol. The number of halogens is 2. The summed E-state index contributed by atoms with van der Waals surface area (Å²) in [6, 6.07) is 2.99. The molecule has 1 aliphatic heterocycles. The van der Waals surface area contributed by atoms with Gasteiger partial charge in [-0.05, 0) is 17.7 Å². The summed E-state index contributed by atoms with van der Waals surface area (Å²) in [7, 11) is 2.93. The molecule has 1 atom stereocenters. The molecule has 0 radical (unpaired) electrons. The van der Waals surface area contributed by atoms with Gasteiger partial charge < -0.3 is 19.9 Å². The molecular weight excluding hydrogens is 299 g/mol. The van der Waals surface area contributed by atoms with Gasteiger partial charge >= 0.3 is 0 Å². The van der Waals surface area contributed by atoms with Crippen molar-refractivity contribution in [3.63, 3.8) is 0 Å². The van der Waals surface area contributed by atoms with Gasteiger partial charge in [0.05, 0.1) is 20.3 Å². The standard InChI is InChI=1S/C14H21FN2O3.ClH/c1-19-12-7-10(8-13(20-2)14(12)18)11(9-15)17-5-3-16-4-6-17;/h7-8,11,16,18H,3-6,9H2,1-2H3;1H/t11-;/m1./s1. The Bertz CT molecular complexity index is 431. The molecule has 0 saturated carbocycles. The zero-order valence-electron chi connectivity index (χ0n) is 12.3. The lowest BCUT2D eigenvalue weighted by Gasteiger charge is -2.34. The topological polar surface area (TPSA) is 54.0 Å². The first kappa shape index (κ1) is 17.8. The van der Waals surface area contributed by atoms with Crippen molar-refractivity contribution in [2.45, 2.75) is 6.04 Å². The SMILES string of the molecule is COc1cc([C@@H](CF)N2CCNCC2)cc(OC)c1O.Cl. The van der Waals surface area contributed by atoms with Gasteiger partial charge in [0.15, 0.2) is 11.5 Å². The predicted molar refractivity (Wildman–Crippen MR) is 81.6 cm³/mol. The van der Waals surface area contributed by atoms with Crippen LogP contribution in [-0.2, 0) is 0 Å². The number of aromatic hydroxyl groups is 1. The van der Waals surface area contributed by atoms with Crippen LogP contribution in [0, 0.1) is 0 Å². The molecule has 0 bridgehead atoms. The molecule has 0 aliphatic carbocycles. The fourth-order valence-corrected chi connectivity index (χ4v) is 2.50. The number of nitrogens with zero attached hydrogens (tertiary/aromatic N) is 1. The van der Waals surface area contributed by atoms with Crippen molar-refractivity contribution >= 4 is 12.4 Å². The van der Waals surface area contributed by atoms with Crippen molar-refractivity contribution in [1.29, 1.82) is 0 Å². The molecule has 120 valence electrons. The highest BCUT2D eigenvalue weighted by Crippen LogP contribution is 2.39. The van der Waals surface area contributed by atoms with Gasteiger partial charge in [0.2, 0.25) is 5.75 Å². The van der Waals surface area contributed by atoms with Gasteiger partial charge in [-0.1, -0.05) is 0 Å². The average Bonchev–Trinajstić information content (AvgIpc) is 2.50. The maximum Gasteiger partial charge on any atom is 0.200 e. The van der Waals surface area contributed by atoms with E-state index in [0.717, 1.165) is 31.7 Å². The Morgan fingerprint density at radius 1 is 1.24 bits per heavy atom.